The van der Waals surface area contributed by atoms with E-state index in [0.717, 1.165) is 0 Å². The number of aliphatic hydroxyl groups excluding tert-OH is 1. The molecule has 1 aliphatic rings. The summed E-state index contributed by atoms with van der Waals surface area (Å²) in [5.41, 5.74) is 0.755. The van der Waals surface area contributed by atoms with E-state index in [1.54, 1.807) is 0 Å². The van der Waals surface area contributed by atoms with Crippen LogP contribution in [0.1, 0.15) is 37.0 Å². The van der Waals surface area contributed by atoms with Crippen molar-refractivity contribution < 1.29 is 24.5 Å². The Balaban J connectivity index is 2.68. The average molecular weight is 287 g/mol. The highest BCUT2D eigenvalue weighted by molar-refractivity contribution is 6.32. The zero-order chi connectivity index (χ0) is 14.2. The number of hydrogen-bond donors (Lipinski definition) is 2. The van der Waals surface area contributed by atoms with Gasteiger partial charge in [0, 0.05) is 17.2 Å². The molecule has 0 aromatic heterocycles. The van der Waals surface area contributed by atoms with E-state index >= 15 is 0 Å². The van der Waals surface area contributed by atoms with E-state index in [0.29, 0.717) is 30.3 Å². The van der Waals surface area contributed by atoms with Gasteiger partial charge in [-0.05, 0) is 5.92 Å². The quantitative estimate of drug-likeness (QED) is 0.892. The Morgan fingerprint density at radius 3 is 2.53 bits per heavy atom. The van der Waals surface area contributed by atoms with Crippen LogP contribution in [0.25, 0.3) is 0 Å². The fraction of sp³-hybridized carbons (Fsp3) is 0.462. The van der Waals surface area contributed by atoms with Gasteiger partial charge in [-0.3, -0.25) is 0 Å². The number of carbonyl (C=O) groups is 1. The maximum Gasteiger partial charge on any atom is 0.337 e. The van der Waals surface area contributed by atoms with Crippen LogP contribution in [0.2, 0.25) is 5.02 Å². The lowest BCUT2D eigenvalue weighted by molar-refractivity contribution is -0.147. The number of carboxylic acid groups (broad SMARTS) is 1. The monoisotopic (exact) mass is 286 g/mol. The summed E-state index contributed by atoms with van der Waals surface area (Å²) in [5.74, 6) is -0.444. The Hall–Kier alpha value is -1.46. The Morgan fingerprint density at radius 2 is 1.95 bits per heavy atom. The number of benzene rings is 1. The molecule has 0 bridgehead atoms. The van der Waals surface area contributed by atoms with Gasteiger partial charge >= 0.3 is 5.97 Å². The van der Waals surface area contributed by atoms with Crippen LogP contribution >= 0.6 is 11.6 Å². The highest BCUT2D eigenvalue weighted by Crippen LogP contribution is 2.45. The lowest BCUT2D eigenvalue weighted by atomic mass is 9.92. The van der Waals surface area contributed by atoms with Crippen molar-refractivity contribution in [2.45, 2.75) is 25.9 Å². The molecule has 2 N–H and O–H groups in total. The number of rotatable bonds is 3. The first-order valence-electron chi connectivity index (χ1n) is 5.96. The van der Waals surface area contributed by atoms with Crippen molar-refractivity contribution in [3.8, 4) is 11.5 Å². The van der Waals surface area contributed by atoms with Crippen LogP contribution in [-0.2, 0) is 4.79 Å². The molecule has 104 valence electrons. The molecule has 0 saturated carbocycles. The van der Waals surface area contributed by atoms with Crippen LogP contribution in [0.5, 0.6) is 11.5 Å². The van der Waals surface area contributed by atoms with Crippen LogP contribution in [-0.4, -0.2) is 29.4 Å². The van der Waals surface area contributed by atoms with Crippen molar-refractivity contribution in [2.24, 2.45) is 0 Å². The van der Waals surface area contributed by atoms with E-state index in [9.17, 15) is 9.90 Å². The number of fused-ring (bicyclic) bond motifs is 1. The molecule has 1 aliphatic heterocycles. The molecular formula is C13H15ClO5. The zero-order valence-corrected chi connectivity index (χ0v) is 11.4. The molecule has 19 heavy (non-hydrogen) atoms. The first-order chi connectivity index (χ1) is 8.93. The van der Waals surface area contributed by atoms with Gasteiger partial charge in [-0.1, -0.05) is 25.4 Å². The summed E-state index contributed by atoms with van der Waals surface area (Å²) in [4.78, 5) is 11.0. The molecule has 1 heterocycles. The molecule has 2 rings (SSSR count). The second-order valence-electron chi connectivity index (χ2n) is 4.61. The number of hydrogen-bond acceptors (Lipinski definition) is 4. The van der Waals surface area contributed by atoms with E-state index < -0.39 is 12.1 Å². The summed E-state index contributed by atoms with van der Waals surface area (Å²) in [5, 5.41) is 19.0. The Labute approximate surface area is 115 Å². The number of ether oxygens (including phenoxy) is 2. The predicted molar refractivity (Wildman–Crippen MR) is 69.1 cm³/mol. The lowest BCUT2D eigenvalue weighted by Gasteiger charge is -2.26. The van der Waals surface area contributed by atoms with Crippen molar-refractivity contribution in [1.82, 2.24) is 0 Å². The maximum absolute atomic E-state index is 11.0. The maximum atomic E-state index is 11.0. The third kappa shape index (κ3) is 2.48. The van der Waals surface area contributed by atoms with Crippen LogP contribution < -0.4 is 9.47 Å². The SMILES string of the molecule is CC(C)c1c2c(cc(Cl)c1C(O)C(=O)O)OCCO2. The predicted octanol–water partition coefficient (Wildman–Crippen LogP) is 2.35. The Bertz CT molecular complexity index is 512. The van der Waals surface area contributed by atoms with Gasteiger partial charge in [0.2, 0.25) is 0 Å². The first kappa shape index (κ1) is 14.0. The fourth-order valence-corrected chi connectivity index (χ4v) is 2.47. The summed E-state index contributed by atoms with van der Waals surface area (Å²) >= 11 is 6.09. The summed E-state index contributed by atoms with van der Waals surface area (Å²) in [7, 11) is 0. The van der Waals surface area contributed by atoms with Crippen molar-refractivity contribution in [1.29, 1.82) is 0 Å². The minimum atomic E-state index is -1.68. The van der Waals surface area contributed by atoms with Crippen molar-refractivity contribution in [2.75, 3.05) is 13.2 Å². The smallest absolute Gasteiger partial charge is 0.337 e. The van der Waals surface area contributed by atoms with E-state index in [1.807, 2.05) is 13.8 Å². The molecule has 6 heteroatoms. The van der Waals surface area contributed by atoms with Gasteiger partial charge in [-0.25, -0.2) is 4.79 Å². The molecule has 0 fully saturated rings. The highest BCUT2D eigenvalue weighted by atomic mass is 35.5. The largest absolute Gasteiger partial charge is 0.486 e. The van der Waals surface area contributed by atoms with Gasteiger partial charge in [0.15, 0.2) is 17.6 Å². The summed E-state index contributed by atoms with van der Waals surface area (Å²) in [6.07, 6.45) is -1.68. The Morgan fingerprint density at radius 1 is 1.32 bits per heavy atom. The molecule has 0 amide bonds. The van der Waals surface area contributed by atoms with Gasteiger partial charge in [0.25, 0.3) is 0 Å². The van der Waals surface area contributed by atoms with Gasteiger partial charge in [-0.15, -0.1) is 0 Å². The minimum Gasteiger partial charge on any atom is -0.486 e. The molecule has 0 radical (unpaired) electrons. The van der Waals surface area contributed by atoms with Crippen LogP contribution in [0.15, 0.2) is 6.07 Å². The van der Waals surface area contributed by atoms with E-state index in [1.165, 1.54) is 6.07 Å². The van der Waals surface area contributed by atoms with Crippen LogP contribution in [0, 0.1) is 0 Å². The van der Waals surface area contributed by atoms with Crippen molar-refractivity contribution in [3.05, 3.63) is 22.2 Å². The van der Waals surface area contributed by atoms with Gasteiger partial charge in [0.1, 0.15) is 13.2 Å². The zero-order valence-electron chi connectivity index (χ0n) is 10.6. The van der Waals surface area contributed by atoms with E-state index in [4.69, 9.17) is 26.2 Å². The summed E-state index contributed by atoms with van der Waals surface area (Å²) in [6, 6.07) is 1.49. The van der Waals surface area contributed by atoms with Crippen molar-refractivity contribution in [3.63, 3.8) is 0 Å². The molecule has 1 aromatic carbocycles. The lowest BCUT2D eigenvalue weighted by Crippen LogP contribution is -2.20. The molecule has 0 spiro atoms. The molecule has 5 nitrogen and oxygen atoms in total. The third-order valence-electron chi connectivity index (χ3n) is 2.95. The third-order valence-corrected chi connectivity index (χ3v) is 3.26. The molecule has 0 saturated heterocycles. The number of carboxylic acids is 1. The Kier molecular flexibility index (Phi) is 3.87. The normalized spacial score (nSPS) is 15.4. The van der Waals surface area contributed by atoms with E-state index in [2.05, 4.69) is 0 Å². The second-order valence-corrected chi connectivity index (χ2v) is 5.01. The minimum absolute atomic E-state index is 0.0573. The molecular weight excluding hydrogens is 272 g/mol. The number of aliphatic hydroxyl groups is 1. The topological polar surface area (TPSA) is 76.0 Å². The highest BCUT2D eigenvalue weighted by Gasteiger charge is 2.30. The van der Waals surface area contributed by atoms with Gasteiger partial charge < -0.3 is 19.7 Å². The van der Waals surface area contributed by atoms with Crippen molar-refractivity contribution >= 4 is 17.6 Å². The second kappa shape index (κ2) is 5.27. The molecule has 1 atom stereocenters. The van der Waals surface area contributed by atoms with Crippen LogP contribution in [0.3, 0.4) is 0 Å². The number of aliphatic carboxylic acids is 1. The number of halogens is 1. The first-order valence-corrected chi connectivity index (χ1v) is 6.34. The molecule has 0 aliphatic carbocycles. The molecule has 1 aromatic rings. The molecule has 1 unspecified atom stereocenters. The average Bonchev–Trinajstić information content (AvgIpc) is 2.35. The van der Waals surface area contributed by atoms with E-state index in [-0.39, 0.29) is 16.5 Å². The van der Waals surface area contributed by atoms with Gasteiger partial charge in [0.05, 0.1) is 5.02 Å². The summed E-state index contributed by atoms with van der Waals surface area (Å²) in [6.45, 7) is 4.56. The van der Waals surface area contributed by atoms with Crippen LogP contribution in [0.4, 0.5) is 0 Å². The fourth-order valence-electron chi connectivity index (χ4n) is 2.17. The van der Waals surface area contributed by atoms with Gasteiger partial charge in [-0.2, -0.15) is 0 Å². The standard InChI is InChI=1S/C13H15ClO5/c1-6(2)9-10(11(15)13(16)17)7(14)5-8-12(9)19-4-3-18-8/h5-6,11,15H,3-4H2,1-2H3,(H,16,17). The summed E-state index contributed by atoms with van der Waals surface area (Å²) < 4.78 is 11.0.